The van der Waals surface area contributed by atoms with Crippen molar-refractivity contribution in [3.8, 4) is 0 Å². The van der Waals surface area contributed by atoms with E-state index in [9.17, 15) is 4.79 Å². The molecule has 0 atom stereocenters. The Balaban J connectivity index is 1.73. The van der Waals surface area contributed by atoms with Crippen LogP contribution in [-0.4, -0.2) is 24.2 Å². The molecule has 3 heteroatoms. The zero-order chi connectivity index (χ0) is 8.81. The molecule has 0 unspecified atom stereocenters. The van der Waals surface area contributed by atoms with Crippen LogP contribution >= 0.6 is 0 Å². The maximum Gasteiger partial charge on any atom is 0.304 e. The molecule has 0 heterocycles. The molecular weight excluding hydrogens is 154 g/mol. The van der Waals surface area contributed by atoms with Crippen LogP contribution in [0.25, 0.3) is 0 Å². The van der Waals surface area contributed by atoms with Gasteiger partial charge in [-0.3, -0.25) is 4.79 Å². The van der Waals surface area contributed by atoms with Crippen molar-refractivity contribution in [2.75, 3.05) is 13.1 Å². The lowest BCUT2D eigenvalue weighted by Crippen LogP contribution is -2.19. The quantitative estimate of drug-likeness (QED) is 0.567. The predicted octanol–water partition coefficient (Wildman–Crippen LogP) is 1.24. The first kappa shape index (κ1) is 9.52. The van der Waals surface area contributed by atoms with Crippen molar-refractivity contribution in [1.29, 1.82) is 0 Å². The number of hydrogen-bond donors (Lipinski definition) is 2. The number of nitrogens with one attached hydrogen (secondary N) is 1. The summed E-state index contributed by atoms with van der Waals surface area (Å²) in [5.41, 5.74) is 0. The minimum absolute atomic E-state index is 0.240. The molecule has 0 aliphatic heterocycles. The minimum atomic E-state index is -0.718. The van der Waals surface area contributed by atoms with Crippen molar-refractivity contribution in [2.45, 2.75) is 32.1 Å². The third-order valence-corrected chi connectivity index (χ3v) is 2.18. The zero-order valence-corrected chi connectivity index (χ0v) is 7.38. The topological polar surface area (TPSA) is 49.3 Å². The molecule has 1 fully saturated rings. The highest BCUT2D eigenvalue weighted by molar-refractivity contribution is 5.66. The van der Waals surface area contributed by atoms with Gasteiger partial charge in [-0.15, -0.1) is 0 Å². The van der Waals surface area contributed by atoms with Gasteiger partial charge in [-0.2, -0.15) is 0 Å². The second kappa shape index (κ2) is 5.14. The minimum Gasteiger partial charge on any atom is -0.481 e. The molecule has 0 bridgehead atoms. The van der Waals surface area contributed by atoms with Crippen molar-refractivity contribution >= 4 is 5.97 Å². The summed E-state index contributed by atoms with van der Waals surface area (Å²) in [7, 11) is 0. The molecule has 2 N–H and O–H groups in total. The molecule has 0 saturated heterocycles. The Labute approximate surface area is 73.2 Å². The first-order chi connectivity index (χ1) is 5.79. The number of carboxylic acid groups (broad SMARTS) is 1. The van der Waals surface area contributed by atoms with E-state index in [1.54, 1.807) is 0 Å². The second-order valence-electron chi connectivity index (χ2n) is 3.48. The van der Waals surface area contributed by atoms with Crippen LogP contribution in [0.5, 0.6) is 0 Å². The van der Waals surface area contributed by atoms with Crippen molar-refractivity contribution < 1.29 is 9.90 Å². The van der Waals surface area contributed by atoms with Crippen LogP contribution in [0.15, 0.2) is 0 Å². The van der Waals surface area contributed by atoms with Crippen LogP contribution in [0.3, 0.4) is 0 Å². The zero-order valence-electron chi connectivity index (χ0n) is 7.38. The van der Waals surface area contributed by atoms with Gasteiger partial charge < -0.3 is 10.4 Å². The lowest BCUT2D eigenvalue weighted by molar-refractivity contribution is -0.136. The number of aliphatic carboxylic acids is 1. The fourth-order valence-corrected chi connectivity index (χ4v) is 1.24. The summed E-state index contributed by atoms with van der Waals surface area (Å²) in [5.74, 6) is 0.274. The van der Waals surface area contributed by atoms with Crippen LogP contribution in [-0.2, 0) is 4.79 Å². The average molecular weight is 171 g/mol. The van der Waals surface area contributed by atoms with Crippen LogP contribution in [0.1, 0.15) is 32.1 Å². The second-order valence-corrected chi connectivity index (χ2v) is 3.48. The largest absolute Gasteiger partial charge is 0.481 e. The number of hydrogen-bond acceptors (Lipinski definition) is 2. The average Bonchev–Trinajstić information content (AvgIpc) is 2.79. The summed E-state index contributed by atoms with van der Waals surface area (Å²) < 4.78 is 0. The van der Waals surface area contributed by atoms with Gasteiger partial charge in [0, 0.05) is 6.54 Å². The molecule has 0 amide bonds. The molecule has 0 aromatic carbocycles. The summed E-state index contributed by atoms with van der Waals surface area (Å²) in [4.78, 5) is 10.1. The predicted molar refractivity (Wildman–Crippen MR) is 47.1 cm³/mol. The molecule has 0 radical (unpaired) electrons. The molecule has 0 aromatic rings. The van der Waals surface area contributed by atoms with Gasteiger partial charge in [-0.1, -0.05) is 12.8 Å². The lowest BCUT2D eigenvalue weighted by Gasteiger charge is -2.01. The third-order valence-electron chi connectivity index (χ3n) is 2.18. The molecule has 12 heavy (non-hydrogen) atoms. The molecule has 1 aliphatic rings. The van der Waals surface area contributed by atoms with E-state index < -0.39 is 5.97 Å². The van der Waals surface area contributed by atoms with E-state index in [2.05, 4.69) is 5.32 Å². The molecule has 1 saturated carbocycles. The molecule has 0 aromatic heterocycles. The highest BCUT2D eigenvalue weighted by Gasteiger charge is 2.19. The Morgan fingerprint density at radius 2 is 2.17 bits per heavy atom. The molecule has 1 rings (SSSR count). The Morgan fingerprint density at radius 3 is 2.75 bits per heavy atom. The van der Waals surface area contributed by atoms with Gasteiger partial charge in [-0.05, 0) is 25.3 Å². The highest BCUT2D eigenvalue weighted by Crippen LogP contribution is 2.33. The lowest BCUT2D eigenvalue weighted by atomic mass is 10.2. The normalized spacial score (nSPS) is 16.3. The number of rotatable bonds is 7. The first-order valence-electron chi connectivity index (χ1n) is 4.71. The summed E-state index contributed by atoms with van der Waals surface area (Å²) in [6.07, 6.45) is 5.58. The fourth-order valence-electron chi connectivity index (χ4n) is 1.24. The molecule has 0 spiro atoms. The van der Waals surface area contributed by atoms with E-state index in [0.29, 0.717) is 6.54 Å². The van der Waals surface area contributed by atoms with Gasteiger partial charge in [0.25, 0.3) is 0 Å². The maximum absolute atomic E-state index is 10.1. The Hall–Kier alpha value is -0.570. The van der Waals surface area contributed by atoms with Crippen LogP contribution in [0.2, 0.25) is 0 Å². The van der Waals surface area contributed by atoms with Gasteiger partial charge in [0.2, 0.25) is 0 Å². The van der Waals surface area contributed by atoms with E-state index in [1.165, 1.54) is 25.7 Å². The molecule has 1 aliphatic carbocycles. The maximum atomic E-state index is 10.1. The van der Waals surface area contributed by atoms with Crippen molar-refractivity contribution in [2.24, 2.45) is 5.92 Å². The number of carbonyl (C=O) groups is 1. The van der Waals surface area contributed by atoms with E-state index in [0.717, 1.165) is 12.5 Å². The number of carboxylic acids is 1. The van der Waals surface area contributed by atoms with Gasteiger partial charge in [0.15, 0.2) is 0 Å². The van der Waals surface area contributed by atoms with Crippen molar-refractivity contribution in [3.63, 3.8) is 0 Å². The van der Waals surface area contributed by atoms with Gasteiger partial charge in [-0.25, -0.2) is 0 Å². The van der Waals surface area contributed by atoms with E-state index in [-0.39, 0.29) is 6.42 Å². The SMILES string of the molecule is O=C(O)CCNCCCC1CC1. The van der Waals surface area contributed by atoms with E-state index in [4.69, 9.17) is 5.11 Å². The smallest absolute Gasteiger partial charge is 0.304 e. The fraction of sp³-hybridized carbons (Fsp3) is 0.889. The highest BCUT2D eigenvalue weighted by atomic mass is 16.4. The van der Waals surface area contributed by atoms with Crippen LogP contribution < -0.4 is 5.32 Å². The van der Waals surface area contributed by atoms with Crippen LogP contribution in [0.4, 0.5) is 0 Å². The monoisotopic (exact) mass is 171 g/mol. The van der Waals surface area contributed by atoms with Crippen LogP contribution in [0, 0.1) is 5.92 Å². The Bertz CT molecular complexity index is 143. The molecule has 3 nitrogen and oxygen atoms in total. The van der Waals surface area contributed by atoms with Crippen molar-refractivity contribution in [1.82, 2.24) is 5.32 Å². The summed E-state index contributed by atoms with van der Waals surface area (Å²) in [6.45, 7) is 1.59. The first-order valence-corrected chi connectivity index (χ1v) is 4.71. The summed E-state index contributed by atoms with van der Waals surface area (Å²) in [5, 5.41) is 11.4. The summed E-state index contributed by atoms with van der Waals surface area (Å²) >= 11 is 0. The summed E-state index contributed by atoms with van der Waals surface area (Å²) in [6, 6.07) is 0. The van der Waals surface area contributed by atoms with Gasteiger partial charge in [0.05, 0.1) is 6.42 Å². The molecular formula is C9H17NO2. The van der Waals surface area contributed by atoms with E-state index >= 15 is 0 Å². The Kier molecular flexibility index (Phi) is 4.08. The van der Waals surface area contributed by atoms with E-state index in [1.807, 2.05) is 0 Å². The molecule has 70 valence electrons. The van der Waals surface area contributed by atoms with Gasteiger partial charge >= 0.3 is 5.97 Å². The van der Waals surface area contributed by atoms with Crippen molar-refractivity contribution in [3.05, 3.63) is 0 Å². The Morgan fingerprint density at radius 1 is 1.42 bits per heavy atom. The standard InChI is InChI=1S/C9H17NO2/c11-9(12)5-7-10-6-1-2-8-3-4-8/h8,10H,1-7H2,(H,11,12). The van der Waals surface area contributed by atoms with Gasteiger partial charge in [0.1, 0.15) is 0 Å². The third kappa shape index (κ3) is 5.13.